The Morgan fingerprint density at radius 2 is 1.95 bits per heavy atom. The number of rotatable bonds is 3. The first-order chi connectivity index (χ1) is 8.99. The highest BCUT2D eigenvalue weighted by atomic mass is 16.1. The van der Waals surface area contributed by atoms with Gasteiger partial charge in [-0.3, -0.25) is 4.57 Å². The van der Waals surface area contributed by atoms with Crippen LogP contribution in [0.4, 0.5) is 0 Å². The standard InChI is InChI=1S/C15H19N3O/c1-10-6-4-5-7-13(10)14(16)9-18-12(3)8-11(2)17-15(18)19/h4-8,14H,9,16H2,1-3H3. The van der Waals surface area contributed by atoms with Gasteiger partial charge in [-0.05, 0) is 38.0 Å². The van der Waals surface area contributed by atoms with Crippen molar-refractivity contribution in [3.8, 4) is 0 Å². The molecule has 0 aliphatic carbocycles. The Hall–Kier alpha value is -1.94. The molecule has 1 aromatic carbocycles. The second-order valence-corrected chi connectivity index (χ2v) is 4.90. The number of hydrogen-bond acceptors (Lipinski definition) is 3. The van der Waals surface area contributed by atoms with E-state index in [0.717, 1.165) is 22.5 Å². The van der Waals surface area contributed by atoms with Gasteiger partial charge in [0.15, 0.2) is 0 Å². The van der Waals surface area contributed by atoms with E-state index in [1.807, 2.05) is 51.1 Å². The summed E-state index contributed by atoms with van der Waals surface area (Å²) in [4.78, 5) is 15.9. The maximum absolute atomic E-state index is 11.9. The fourth-order valence-electron chi connectivity index (χ4n) is 2.29. The molecule has 0 fully saturated rings. The molecule has 0 saturated heterocycles. The summed E-state index contributed by atoms with van der Waals surface area (Å²) >= 11 is 0. The van der Waals surface area contributed by atoms with Crippen molar-refractivity contribution in [2.24, 2.45) is 5.73 Å². The molecular weight excluding hydrogens is 238 g/mol. The Balaban J connectivity index is 2.32. The van der Waals surface area contributed by atoms with Gasteiger partial charge in [-0.25, -0.2) is 4.79 Å². The Morgan fingerprint density at radius 1 is 1.26 bits per heavy atom. The van der Waals surface area contributed by atoms with Gasteiger partial charge < -0.3 is 5.73 Å². The third-order valence-corrected chi connectivity index (χ3v) is 3.31. The minimum absolute atomic E-state index is 0.206. The normalized spacial score (nSPS) is 12.4. The molecule has 2 rings (SSSR count). The van der Waals surface area contributed by atoms with E-state index in [-0.39, 0.29) is 11.7 Å². The lowest BCUT2D eigenvalue weighted by Crippen LogP contribution is -2.30. The minimum Gasteiger partial charge on any atom is -0.322 e. The van der Waals surface area contributed by atoms with Gasteiger partial charge in [0.25, 0.3) is 0 Å². The summed E-state index contributed by atoms with van der Waals surface area (Å²) < 4.78 is 1.63. The van der Waals surface area contributed by atoms with Crippen LogP contribution in [0.3, 0.4) is 0 Å². The van der Waals surface area contributed by atoms with Crippen LogP contribution in [0.15, 0.2) is 35.1 Å². The number of nitrogens with two attached hydrogens (primary N) is 1. The molecule has 0 saturated carbocycles. The van der Waals surface area contributed by atoms with Crippen LogP contribution in [0.2, 0.25) is 0 Å². The zero-order valence-electron chi connectivity index (χ0n) is 11.6. The van der Waals surface area contributed by atoms with Crippen molar-refractivity contribution in [2.75, 3.05) is 0 Å². The number of aromatic nitrogens is 2. The van der Waals surface area contributed by atoms with Crippen LogP contribution in [0.1, 0.15) is 28.6 Å². The van der Waals surface area contributed by atoms with Gasteiger partial charge in [-0.2, -0.15) is 4.98 Å². The van der Waals surface area contributed by atoms with E-state index in [2.05, 4.69) is 4.98 Å². The fraction of sp³-hybridized carbons (Fsp3) is 0.333. The maximum atomic E-state index is 11.9. The van der Waals surface area contributed by atoms with Gasteiger partial charge in [0.05, 0.1) is 0 Å². The van der Waals surface area contributed by atoms with Crippen molar-refractivity contribution in [2.45, 2.75) is 33.4 Å². The van der Waals surface area contributed by atoms with Crippen LogP contribution in [0, 0.1) is 20.8 Å². The number of nitrogens with zero attached hydrogens (tertiary/aromatic N) is 2. The van der Waals surface area contributed by atoms with Gasteiger partial charge in [0.1, 0.15) is 0 Å². The fourth-order valence-corrected chi connectivity index (χ4v) is 2.29. The van der Waals surface area contributed by atoms with Crippen molar-refractivity contribution >= 4 is 0 Å². The highest BCUT2D eigenvalue weighted by Crippen LogP contribution is 2.16. The van der Waals surface area contributed by atoms with Crippen molar-refractivity contribution in [3.05, 3.63) is 63.3 Å². The molecule has 0 bridgehead atoms. The maximum Gasteiger partial charge on any atom is 0.348 e. The van der Waals surface area contributed by atoms with Crippen LogP contribution in [-0.4, -0.2) is 9.55 Å². The summed E-state index contributed by atoms with van der Waals surface area (Å²) in [6.45, 7) is 6.20. The Bertz CT molecular complexity index is 646. The largest absolute Gasteiger partial charge is 0.348 e. The van der Waals surface area contributed by atoms with Crippen molar-refractivity contribution in [1.82, 2.24) is 9.55 Å². The first-order valence-corrected chi connectivity index (χ1v) is 6.35. The molecule has 0 spiro atoms. The lowest BCUT2D eigenvalue weighted by Gasteiger charge is -2.17. The van der Waals surface area contributed by atoms with Crippen LogP contribution in [-0.2, 0) is 6.54 Å². The predicted molar refractivity (Wildman–Crippen MR) is 76.1 cm³/mol. The summed E-state index contributed by atoms with van der Waals surface area (Å²) in [7, 11) is 0. The Morgan fingerprint density at radius 3 is 2.58 bits per heavy atom. The minimum atomic E-state index is -0.235. The predicted octanol–water partition coefficient (Wildman–Crippen LogP) is 1.87. The Kier molecular flexibility index (Phi) is 3.81. The van der Waals surface area contributed by atoms with E-state index in [0.29, 0.717) is 6.54 Å². The monoisotopic (exact) mass is 257 g/mol. The molecule has 4 nitrogen and oxygen atoms in total. The molecule has 0 amide bonds. The summed E-state index contributed by atoms with van der Waals surface area (Å²) in [6, 6.07) is 9.66. The molecule has 19 heavy (non-hydrogen) atoms. The van der Waals surface area contributed by atoms with Gasteiger partial charge in [0.2, 0.25) is 0 Å². The molecule has 2 N–H and O–H groups in total. The van der Waals surface area contributed by atoms with Crippen LogP contribution in [0.25, 0.3) is 0 Å². The van der Waals surface area contributed by atoms with E-state index in [1.54, 1.807) is 4.57 Å². The molecule has 0 aliphatic rings. The molecule has 1 atom stereocenters. The van der Waals surface area contributed by atoms with Crippen LogP contribution in [0.5, 0.6) is 0 Å². The van der Waals surface area contributed by atoms with Crippen molar-refractivity contribution in [3.63, 3.8) is 0 Å². The molecule has 100 valence electrons. The molecule has 2 aromatic rings. The van der Waals surface area contributed by atoms with Gasteiger partial charge in [-0.1, -0.05) is 24.3 Å². The van der Waals surface area contributed by atoms with E-state index < -0.39 is 0 Å². The smallest absolute Gasteiger partial charge is 0.322 e. The van der Waals surface area contributed by atoms with Gasteiger partial charge in [0, 0.05) is 24.0 Å². The molecule has 0 radical (unpaired) electrons. The van der Waals surface area contributed by atoms with E-state index in [4.69, 9.17) is 5.73 Å². The van der Waals surface area contributed by atoms with Crippen molar-refractivity contribution < 1.29 is 0 Å². The van der Waals surface area contributed by atoms with Gasteiger partial charge >= 0.3 is 5.69 Å². The second kappa shape index (κ2) is 5.36. The summed E-state index contributed by atoms with van der Waals surface area (Å²) in [5, 5.41) is 0. The zero-order valence-corrected chi connectivity index (χ0v) is 11.6. The highest BCUT2D eigenvalue weighted by Gasteiger charge is 2.12. The Labute approximate surface area is 112 Å². The zero-order chi connectivity index (χ0) is 14.0. The van der Waals surface area contributed by atoms with Crippen LogP contribution < -0.4 is 11.4 Å². The summed E-state index contributed by atoms with van der Waals surface area (Å²) in [5.74, 6) is 0. The second-order valence-electron chi connectivity index (χ2n) is 4.90. The quantitative estimate of drug-likeness (QED) is 0.913. The van der Waals surface area contributed by atoms with Crippen LogP contribution >= 0.6 is 0 Å². The molecule has 4 heteroatoms. The molecule has 1 heterocycles. The third-order valence-electron chi connectivity index (χ3n) is 3.31. The molecule has 1 aromatic heterocycles. The first-order valence-electron chi connectivity index (χ1n) is 6.35. The number of benzene rings is 1. The average Bonchev–Trinajstić information content (AvgIpc) is 2.34. The summed E-state index contributed by atoms with van der Waals surface area (Å²) in [6.07, 6.45) is 0. The third kappa shape index (κ3) is 2.90. The number of hydrogen-bond donors (Lipinski definition) is 1. The van der Waals surface area contributed by atoms with E-state index in [1.165, 1.54) is 0 Å². The molecule has 1 unspecified atom stereocenters. The SMILES string of the molecule is Cc1cc(C)n(CC(N)c2ccccc2C)c(=O)n1. The lowest BCUT2D eigenvalue weighted by atomic mass is 10.0. The lowest BCUT2D eigenvalue weighted by molar-refractivity contribution is 0.536. The average molecular weight is 257 g/mol. The molecular formula is C15H19N3O. The highest BCUT2D eigenvalue weighted by molar-refractivity contribution is 5.28. The number of aryl methyl sites for hydroxylation is 3. The van der Waals surface area contributed by atoms with E-state index >= 15 is 0 Å². The van der Waals surface area contributed by atoms with Crippen molar-refractivity contribution in [1.29, 1.82) is 0 Å². The summed E-state index contributed by atoms with van der Waals surface area (Å²) in [5.41, 5.74) is 9.81. The topological polar surface area (TPSA) is 60.9 Å². The first kappa shape index (κ1) is 13.5. The van der Waals surface area contributed by atoms with Gasteiger partial charge in [-0.15, -0.1) is 0 Å². The van der Waals surface area contributed by atoms with E-state index in [9.17, 15) is 4.79 Å². The molecule has 0 aliphatic heterocycles.